The number of rotatable bonds is 3. The number of nitrogen functional groups attached to an aromatic ring is 1. The minimum Gasteiger partial charge on any atom is -0.481 e. The highest BCUT2D eigenvalue weighted by atomic mass is 16.5. The number of anilines is 1. The summed E-state index contributed by atoms with van der Waals surface area (Å²) in [5.74, 6) is -1.20. The molecule has 0 atom stereocenters. The molecule has 9 nitrogen and oxygen atoms in total. The Morgan fingerprint density at radius 2 is 2.25 bits per heavy atom. The van der Waals surface area contributed by atoms with Gasteiger partial charge in [0.05, 0.1) is 12.8 Å². The minimum atomic E-state index is -1.20. The number of aromatic nitrogens is 4. The number of methoxy groups -OCH3 is 1. The summed E-state index contributed by atoms with van der Waals surface area (Å²) in [5.41, 5.74) is 5.88. The zero-order valence-corrected chi connectivity index (χ0v) is 10.7. The van der Waals surface area contributed by atoms with Crippen LogP contribution in [-0.4, -0.2) is 37.9 Å². The molecule has 0 amide bonds. The van der Waals surface area contributed by atoms with Crippen molar-refractivity contribution in [3.8, 4) is 17.9 Å². The van der Waals surface area contributed by atoms with Crippen LogP contribution >= 0.6 is 0 Å². The number of ether oxygens (including phenoxy) is 1. The van der Waals surface area contributed by atoms with Gasteiger partial charge in [0.15, 0.2) is 0 Å². The van der Waals surface area contributed by atoms with Gasteiger partial charge in [0.1, 0.15) is 23.1 Å². The Morgan fingerprint density at radius 3 is 2.75 bits per heavy atom. The molecular formula is C11H10N6O3. The molecule has 0 saturated carbocycles. The fraction of sp³-hybridized carbons (Fsp3) is 0.182. The molecule has 0 bridgehead atoms. The molecule has 2 heterocycles. The predicted molar refractivity (Wildman–Crippen MR) is 66.5 cm³/mol. The lowest BCUT2D eigenvalue weighted by Gasteiger charge is -2.05. The van der Waals surface area contributed by atoms with Gasteiger partial charge in [-0.25, -0.2) is 4.79 Å². The number of hydrogen-bond donors (Lipinski definition) is 2. The molecule has 9 heteroatoms. The normalized spacial score (nSPS) is 10.1. The number of aromatic carboxylic acids is 1. The summed E-state index contributed by atoms with van der Waals surface area (Å²) >= 11 is 0. The summed E-state index contributed by atoms with van der Waals surface area (Å²) in [7, 11) is 1.38. The molecule has 0 aliphatic heterocycles. The van der Waals surface area contributed by atoms with Crippen LogP contribution in [0, 0.1) is 18.3 Å². The van der Waals surface area contributed by atoms with E-state index in [1.165, 1.54) is 20.1 Å². The number of nitrogens with two attached hydrogens (primary N) is 1. The summed E-state index contributed by atoms with van der Waals surface area (Å²) in [6.45, 7) is 1.50. The zero-order valence-electron chi connectivity index (χ0n) is 10.7. The van der Waals surface area contributed by atoms with Crippen LogP contribution in [0.25, 0.3) is 5.95 Å². The third kappa shape index (κ3) is 2.10. The number of nitrogens with zero attached hydrogens (tertiary/aromatic N) is 5. The van der Waals surface area contributed by atoms with E-state index in [-0.39, 0.29) is 34.6 Å². The van der Waals surface area contributed by atoms with Gasteiger partial charge in [-0.2, -0.15) is 25.0 Å². The van der Waals surface area contributed by atoms with E-state index >= 15 is 0 Å². The van der Waals surface area contributed by atoms with Crippen molar-refractivity contribution in [3.05, 3.63) is 23.0 Å². The largest absolute Gasteiger partial charge is 0.481 e. The lowest BCUT2D eigenvalue weighted by Crippen LogP contribution is -2.10. The summed E-state index contributed by atoms with van der Waals surface area (Å²) in [4.78, 5) is 19.0. The van der Waals surface area contributed by atoms with Crippen molar-refractivity contribution in [2.75, 3.05) is 12.8 Å². The maximum atomic E-state index is 11.1. The molecule has 2 rings (SSSR count). The fourth-order valence-corrected chi connectivity index (χ4v) is 1.63. The molecular weight excluding hydrogens is 264 g/mol. The summed E-state index contributed by atoms with van der Waals surface area (Å²) in [5, 5.41) is 21.9. The Morgan fingerprint density at radius 1 is 1.55 bits per heavy atom. The van der Waals surface area contributed by atoms with E-state index in [1.54, 1.807) is 0 Å². The van der Waals surface area contributed by atoms with E-state index in [1.807, 2.05) is 6.07 Å². The molecule has 2 aromatic rings. The van der Waals surface area contributed by atoms with Crippen molar-refractivity contribution < 1.29 is 14.6 Å². The second-order valence-corrected chi connectivity index (χ2v) is 3.77. The van der Waals surface area contributed by atoms with Crippen molar-refractivity contribution >= 4 is 11.8 Å². The second-order valence-electron chi connectivity index (χ2n) is 3.77. The maximum absolute atomic E-state index is 11.1. The van der Waals surface area contributed by atoms with Gasteiger partial charge in [0, 0.05) is 6.07 Å². The molecule has 0 aliphatic carbocycles. The number of carboxylic acid groups (broad SMARTS) is 1. The molecule has 20 heavy (non-hydrogen) atoms. The van der Waals surface area contributed by atoms with Crippen LogP contribution in [-0.2, 0) is 0 Å². The van der Waals surface area contributed by atoms with E-state index in [9.17, 15) is 4.79 Å². The minimum absolute atomic E-state index is 0.0333. The van der Waals surface area contributed by atoms with Crippen LogP contribution in [0.15, 0.2) is 6.07 Å². The number of carboxylic acids is 1. The average molecular weight is 274 g/mol. The van der Waals surface area contributed by atoms with Crippen molar-refractivity contribution in [2.24, 2.45) is 0 Å². The topological polar surface area (TPSA) is 140 Å². The zero-order chi connectivity index (χ0) is 14.9. The van der Waals surface area contributed by atoms with Gasteiger partial charge in [0.2, 0.25) is 5.88 Å². The Bertz CT molecular complexity index is 730. The molecule has 0 spiro atoms. The first-order chi connectivity index (χ1) is 9.47. The molecule has 0 radical (unpaired) electrons. The molecule has 0 aliphatic rings. The first-order valence-electron chi connectivity index (χ1n) is 5.39. The SMILES string of the molecule is COc1cc(C#N)nc(-n2nc(C)c(C(=O)O)c2N)n1. The van der Waals surface area contributed by atoms with Crippen LogP contribution in [0.2, 0.25) is 0 Å². The van der Waals surface area contributed by atoms with E-state index in [0.717, 1.165) is 4.68 Å². The van der Waals surface area contributed by atoms with Crippen molar-refractivity contribution in [2.45, 2.75) is 6.92 Å². The molecule has 3 N–H and O–H groups in total. The van der Waals surface area contributed by atoms with Gasteiger partial charge in [-0.15, -0.1) is 0 Å². The van der Waals surface area contributed by atoms with Gasteiger partial charge in [-0.05, 0) is 6.92 Å². The molecule has 2 aromatic heterocycles. The predicted octanol–water partition coefficient (Wildman–Crippen LogP) is 0.131. The van der Waals surface area contributed by atoms with E-state index in [2.05, 4.69) is 15.1 Å². The Labute approximate surface area is 113 Å². The van der Waals surface area contributed by atoms with Crippen molar-refractivity contribution in [1.29, 1.82) is 5.26 Å². The third-order valence-electron chi connectivity index (χ3n) is 2.51. The number of aryl methyl sites for hydroxylation is 1. The number of hydrogen-bond acceptors (Lipinski definition) is 7. The van der Waals surface area contributed by atoms with Crippen LogP contribution in [0.3, 0.4) is 0 Å². The Kier molecular flexibility index (Phi) is 3.22. The van der Waals surface area contributed by atoms with Gasteiger partial charge >= 0.3 is 5.97 Å². The van der Waals surface area contributed by atoms with Crippen LogP contribution in [0.5, 0.6) is 5.88 Å². The van der Waals surface area contributed by atoms with E-state index in [4.69, 9.17) is 20.8 Å². The van der Waals surface area contributed by atoms with Gasteiger partial charge in [0.25, 0.3) is 5.95 Å². The van der Waals surface area contributed by atoms with Crippen molar-refractivity contribution in [1.82, 2.24) is 19.7 Å². The monoisotopic (exact) mass is 274 g/mol. The molecule has 0 aromatic carbocycles. The third-order valence-corrected chi connectivity index (χ3v) is 2.51. The van der Waals surface area contributed by atoms with Gasteiger partial charge in [-0.1, -0.05) is 0 Å². The number of carbonyl (C=O) groups is 1. The van der Waals surface area contributed by atoms with E-state index in [0.29, 0.717) is 0 Å². The van der Waals surface area contributed by atoms with E-state index < -0.39 is 5.97 Å². The van der Waals surface area contributed by atoms with Crippen LogP contribution in [0.4, 0.5) is 5.82 Å². The van der Waals surface area contributed by atoms with Gasteiger partial charge in [-0.3, -0.25) is 0 Å². The smallest absolute Gasteiger partial charge is 0.341 e. The fourth-order valence-electron chi connectivity index (χ4n) is 1.63. The Hall–Kier alpha value is -3.15. The van der Waals surface area contributed by atoms with Crippen molar-refractivity contribution in [3.63, 3.8) is 0 Å². The Balaban J connectivity index is 2.66. The molecule has 0 fully saturated rings. The standard InChI is InChI=1S/C11H10N6O3/c1-5-8(10(18)19)9(13)17(16-5)11-14-6(4-12)3-7(15-11)20-2/h3H,13H2,1-2H3,(H,18,19). The highest BCUT2D eigenvalue weighted by Crippen LogP contribution is 2.20. The summed E-state index contributed by atoms with van der Waals surface area (Å²) in [6.07, 6.45) is 0. The quantitative estimate of drug-likeness (QED) is 0.804. The van der Waals surface area contributed by atoms with Gasteiger partial charge < -0.3 is 15.6 Å². The molecule has 0 unspecified atom stereocenters. The van der Waals surface area contributed by atoms with Crippen LogP contribution in [0.1, 0.15) is 21.7 Å². The average Bonchev–Trinajstić information content (AvgIpc) is 2.73. The van der Waals surface area contributed by atoms with Crippen LogP contribution < -0.4 is 10.5 Å². The lowest BCUT2D eigenvalue weighted by molar-refractivity contribution is 0.0697. The molecule has 0 saturated heterocycles. The lowest BCUT2D eigenvalue weighted by atomic mass is 10.2. The summed E-state index contributed by atoms with van der Waals surface area (Å²) < 4.78 is 6.00. The molecule has 102 valence electrons. The summed E-state index contributed by atoms with van der Waals surface area (Å²) in [6, 6.07) is 3.19. The maximum Gasteiger partial charge on any atom is 0.341 e. The highest BCUT2D eigenvalue weighted by Gasteiger charge is 2.21. The second kappa shape index (κ2) is 4.85. The first-order valence-corrected chi connectivity index (χ1v) is 5.39. The highest BCUT2D eigenvalue weighted by molar-refractivity contribution is 5.94. The first kappa shape index (κ1) is 13.3. The number of nitriles is 1.